The normalized spacial score (nSPS) is 13.5. The van der Waals surface area contributed by atoms with E-state index in [9.17, 15) is 18.0 Å². The Labute approximate surface area is 168 Å². The molecule has 0 spiro atoms. The van der Waals surface area contributed by atoms with Crippen molar-refractivity contribution in [2.75, 3.05) is 9.62 Å². The molecule has 7 nitrogen and oxygen atoms in total. The van der Waals surface area contributed by atoms with E-state index in [4.69, 9.17) is 0 Å². The third-order valence-corrected chi connectivity index (χ3v) is 6.11. The van der Waals surface area contributed by atoms with Gasteiger partial charge in [-0.25, -0.2) is 13.3 Å². The molecule has 4 rings (SSSR count). The van der Waals surface area contributed by atoms with Crippen LogP contribution in [0.3, 0.4) is 0 Å². The fourth-order valence-corrected chi connectivity index (χ4v) is 4.32. The molecule has 2 heterocycles. The number of carbonyl (C=O) groups excluding carboxylic acids is 2. The zero-order chi connectivity index (χ0) is 20.8. The molecule has 0 fully saturated rings. The summed E-state index contributed by atoms with van der Waals surface area (Å²) >= 11 is 0. The van der Waals surface area contributed by atoms with Crippen LogP contribution in [0.15, 0.2) is 65.8 Å². The molecular weight excluding hydrogens is 390 g/mol. The fourth-order valence-electron chi connectivity index (χ4n) is 3.25. The Hall–Kier alpha value is -3.52. The Kier molecular flexibility index (Phi) is 4.43. The quantitative estimate of drug-likeness (QED) is 0.670. The van der Waals surface area contributed by atoms with Crippen LogP contribution < -0.4 is 9.62 Å². The summed E-state index contributed by atoms with van der Waals surface area (Å²) in [5.41, 5.74) is 2.12. The summed E-state index contributed by atoms with van der Waals surface area (Å²) in [6, 6.07) is 12.7. The van der Waals surface area contributed by atoms with Gasteiger partial charge in [0.2, 0.25) is 0 Å². The Morgan fingerprint density at radius 1 is 0.897 bits per heavy atom. The van der Waals surface area contributed by atoms with E-state index in [1.807, 2.05) is 6.92 Å². The molecule has 1 aliphatic heterocycles. The molecule has 3 aromatic rings. The van der Waals surface area contributed by atoms with E-state index in [0.717, 1.165) is 10.5 Å². The largest absolute Gasteiger partial charge is 0.279 e. The van der Waals surface area contributed by atoms with E-state index in [-0.39, 0.29) is 21.7 Å². The highest BCUT2D eigenvalue weighted by molar-refractivity contribution is 7.92. The number of fused-ring (bicyclic) bond motifs is 1. The molecule has 2 amide bonds. The number of rotatable bonds is 4. The Morgan fingerprint density at radius 3 is 2.24 bits per heavy atom. The van der Waals surface area contributed by atoms with Crippen molar-refractivity contribution in [2.45, 2.75) is 18.7 Å². The van der Waals surface area contributed by atoms with E-state index >= 15 is 0 Å². The van der Waals surface area contributed by atoms with Gasteiger partial charge in [0, 0.05) is 6.20 Å². The lowest BCUT2D eigenvalue weighted by atomic mass is 10.0. The molecule has 0 saturated heterocycles. The number of aryl methyl sites for hydroxylation is 2. The number of amides is 2. The number of nitrogens with zero attached hydrogens (tertiary/aromatic N) is 2. The average Bonchev–Trinajstić information content (AvgIpc) is 2.96. The van der Waals surface area contributed by atoms with Crippen LogP contribution in [-0.4, -0.2) is 25.2 Å². The topological polar surface area (TPSA) is 96.4 Å². The first-order chi connectivity index (χ1) is 13.8. The molecule has 0 saturated carbocycles. The molecule has 0 atom stereocenters. The van der Waals surface area contributed by atoms with Gasteiger partial charge in [-0.3, -0.25) is 19.3 Å². The van der Waals surface area contributed by atoms with Gasteiger partial charge in [-0.15, -0.1) is 0 Å². The van der Waals surface area contributed by atoms with Crippen LogP contribution in [0.1, 0.15) is 31.8 Å². The minimum atomic E-state index is -3.93. The number of nitrogens with one attached hydrogen (secondary N) is 1. The maximum Gasteiger partial charge on any atom is 0.268 e. The van der Waals surface area contributed by atoms with Crippen LogP contribution >= 0.6 is 0 Å². The number of anilines is 2. The predicted molar refractivity (Wildman–Crippen MR) is 109 cm³/mol. The van der Waals surface area contributed by atoms with Crippen molar-refractivity contribution < 1.29 is 18.0 Å². The number of benzene rings is 2. The van der Waals surface area contributed by atoms with Crippen LogP contribution in [0.5, 0.6) is 0 Å². The summed E-state index contributed by atoms with van der Waals surface area (Å²) < 4.78 is 28.1. The summed E-state index contributed by atoms with van der Waals surface area (Å²) in [6.07, 6.45) is 2.95. The van der Waals surface area contributed by atoms with E-state index < -0.39 is 21.8 Å². The minimum absolute atomic E-state index is 0.0366. The van der Waals surface area contributed by atoms with E-state index in [1.54, 1.807) is 37.3 Å². The SMILES string of the molecule is Cc1ccc(S(=O)(=O)Nc2ccc(C)c3c2C(=O)N(c2cccnc2)C3=O)cc1. The second-order valence-electron chi connectivity index (χ2n) is 6.76. The first kappa shape index (κ1) is 18.8. The number of pyridine rings is 1. The van der Waals surface area contributed by atoms with Gasteiger partial charge >= 0.3 is 0 Å². The fraction of sp³-hybridized carbons (Fsp3) is 0.0952. The smallest absolute Gasteiger partial charge is 0.268 e. The van der Waals surface area contributed by atoms with Gasteiger partial charge in [0.05, 0.1) is 33.6 Å². The molecule has 8 heteroatoms. The number of hydrogen-bond acceptors (Lipinski definition) is 5. The van der Waals surface area contributed by atoms with Crippen molar-refractivity contribution in [1.82, 2.24) is 4.98 Å². The summed E-state index contributed by atoms with van der Waals surface area (Å²) in [6.45, 7) is 3.56. The molecule has 1 N–H and O–H groups in total. The zero-order valence-corrected chi connectivity index (χ0v) is 16.5. The Bertz CT molecular complexity index is 1240. The number of aromatic nitrogens is 1. The van der Waals surface area contributed by atoms with Gasteiger partial charge in [-0.05, 0) is 49.7 Å². The van der Waals surface area contributed by atoms with Crippen LogP contribution in [-0.2, 0) is 10.0 Å². The van der Waals surface area contributed by atoms with E-state index in [0.29, 0.717) is 11.3 Å². The second-order valence-corrected chi connectivity index (χ2v) is 8.44. The van der Waals surface area contributed by atoms with Gasteiger partial charge in [-0.2, -0.15) is 0 Å². The molecule has 2 aromatic carbocycles. The molecule has 1 aromatic heterocycles. The van der Waals surface area contributed by atoms with Gasteiger partial charge < -0.3 is 0 Å². The minimum Gasteiger partial charge on any atom is -0.279 e. The van der Waals surface area contributed by atoms with Crippen LogP contribution in [0.4, 0.5) is 11.4 Å². The van der Waals surface area contributed by atoms with Gasteiger partial charge in [0.1, 0.15) is 0 Å². The summed E-state index contributed by atoms with van der Waals surface area (Å²) in [5.74, 6) is -1.10. The molecule has 0 unspecified atom stereocenters. The number of imide groups is 1. The molecule has 0 aliphatic carbocycles. The van der Waals surface area contributed by atoms with Gasteiger partial charge in [0.25, 0.3) is 21.8 Å². The summed E-state index contributed by atoms with van der Waals surface area (Å²) in [4.78, 5) is 31.1. The number of sulfonamides is 1. The van der Waals surface area contributed by atoms with Crippen LogP contribution in [0.25, 0.3) is 0 Å². The van der Waals surface area contributed by atoms with Gasteiger partial charge in [-0.1, -0.05) is 23.8 Å². The third-order valence-electron chi connectivity index (χ3n) is 4.73. The summed E-state index contributed by atoms with van der Waals surface area (Å²) in [5, 5.41) is 0. The lowest BCUT2D eigenvalue weighted by Gasteiger charge is -2.13. The maximum absolute atomic E-state index is 13.1. The third kappa shape index (κ3) is 3.17. The highest BCUT2D eigenvalue weighted by Gasteiger charge is 2.40. The van der Waals surface area contributed by atoms with Crippen molar-refractivity contribution in [1.29, 1.82) is 0 Å². The molecular formula is C21H17N3O4S. The first-order valence-corrected chi connectivity index (χ1v) is 10.3. The Balaban J connectivity index is 1.79. The number of hydrogen-bond donors (Lipinski definition) is 1. The second kappa shape index (κ2) is 6.82. The van der Waals surface area contributed by atoms with Crippen molar-refractivity contribution in [3.8, 4) is 0 Å². The monoisotopic (exact) mass is 407 g/mol. The zero-order valence-electron chi connectivity index (χ0n) is 15.7. The average molecular weight is 407 g/mol. The molecule has 0 radical (unpaired) electrons. The molecule has 0 bridgehead atoms. The predicted octanol–water partition coefficient (Wildman–Crippen LogP) is 3.30. The van der Waals surface area contributed by atoms with E-state index in [1.165, 1.54) is 30.6 Å². The highest BCUT2D eigenvalue weighted by atomic mass is 32.2. The van der Waals surface area contributed by atoms with Crippen LogP contribution in [0, 0.1) is 13.8 Å². The molecule has 146 valence electrons. The lowest BCUT2D eigenvalue weighted by Crippen LogP contribution is -2.29. The van der Waals surface area contributed by atoms with Gasteiger partial charge in [0.15, 0.2) is 0 Å². The molecule has 1 aliphatic rings. The molecule has 29 heavy (non-hydrogen) atoms. The highest BCUT2D eigenvalue weighted by Crippen LogP contribution is 2.35. The van der Waals surface area contributed by atoms with Crippen molar-refractivity contribution in [3.05, 3.63) is 83.2 Å². The Morgan fingerprint density at radius 2 is 1.59 bits per heavy atom. The van der Waals surface area contributed by atoms with Crippen molar-refractivity contribution in [3.63, 3.8) is 0 Å². The van der Waals surface area contributed by atoms with Crippen molar-refractivity contribution >= 4 is 33.2 Å². The summed E-state index contributed by atoms with van der Waals surface area (Å²) in [7, 11) is -3.93. The maximum atomic E-state index is 13.1. The lowest BCUT2D eigenvalue weighted by molar-refractivity contribution is 0.0926. The van der Waals surface area contributed by atoms with Crippen molar-refractivity contribution in [2.24, 2.45) is 0 Å². The van der Waals surface area contributed by atoms with E-state index in [2.05, 4.69) is 9.71 Å². The number of carbonyl (C=O) groups is 2. The standard InChI is InChI=1S/C21H17N3O4S/c1-13-5-8-16(9-6-13)29(27,28)23-17-10-7-14(2)18-19(17)21(26)24(20(18)25)15-4-3-11-22-12-15/h3-12,23H,1-2H3. The first-order valence-electron chi connectivity index (χ1n) is 8.81. The van der Waals surface area contributed by atoms with Crippen LogP contribution in [0.2, 0.25) is 0 Å².